The Hall–Kier alpha value is -3.75. The number of carbonyl (C=O) groups excluding carboxylic acids is 3. The zero-order valence-electron chi connectivity index (χ0n) is 19.0. The number of rotatable bonds is 4. The molecule has 0 radical (unpaired) electrons. The third-order valence-corrected chi connectivity index (χ3v) is 5.60. The van der Waals surface area contributed by atoms with Crippen LogP contribution in [0, 0.1) is 6.92 Å². The zero-order valence-corrected chi connectivity index (χ0v) is 19.0. The van der Waals surface area contributed by atoms with E-state index >= 15 is 0 Å². The number of benzene rings is 1. The smallest absolute Gasteiger partial charge is 0.414 e. The fourth-order valence-electron chi connectivity index (χ4n) is 3.73. The molecule has 2 N–H and O–H groups in total. The van der Waals surface area contributed by atoms with Gasteiger partial charge in [-0.05, 0) is 36.6 Å². The molecule has 1 aromatic carbocycles. The molecule has 4 rings (SSSR count). The molecule has 3 aromatic rings. The van der Waals surface area contributed by atoms with Crippen molar-refractivity contribution < 1.29 is 23.6 Å². The van der Waals surface area contributed by atoms with Gasteiger partial charge in [-0.25, -0.2) is 4.79 Å². The maximum Gasteiger partial charge on any atom is 0.414 e. The molecule has 1 saturated heterocycles. The Balaban J connectivity index is 1.43. The number of hydrogen-bond acceptors (Lipinski definition) is 7. The van der Waals surface area contributed by atoms with E-state index in [1.165, 1.54) is 0 Å². The Morgan fingerprint density at radius 1 is 1.24 bits per heavy atom. The lowest BCUT2D eigenvalue weighted by atomic mass is 9.89. The number of ether oxygens (including phenoxy) is 1. The third-order valence-electron chi connectivity index (χ3n) is 5.60. The number of anilines is 1. The fraction of sp³-hybridized carbons (Fsp3) is 0.375. The van der Waals surface area contributed by atoms with Crippen molar-refractivity contribution in [3.05, 3.63) is 52.8 Å². The molecular formula is C24H26N4O5. The second kappa shape index (κ2) is 8.65. The highest BCUT2D eigenvalue weighted by Gasteiger charge is 2.29. The number of fused-ring (bicyclic) bond motifs is 1. The highest BCUT2D eigenvalue weighted by molar-refractivity contribution is 6.01. The van der Waals surface area contributed by atoms with E-state index in [0.717, 1.165) is 33.4 Å². The van der Waals surface area contributed by atoms with Crippen LogP contribution >= 0.6 is 0 Å². The van der Waals surface area contributed by atoms with Crippen LogP contribution in [0.5, 0.6) is 0 Å². The van der Waals surface area contributed by atoms with Gasteiger partial charge in [-0.3, -0.25) is 25.2 Å². The van der Waals surface area contributed by atoms with Crippen LogP contribution in [0.1, 0.15) is 62.0 Å². The highest BCUT2D eigenvalue weighted by Crippen LogP contribution is 2.29. The molecule has 0 spiro atoms. The summed E-state index contributed by atoms with van der Waals surface area (Å²) in [6, 6.07) is 9.17. The molecule has 1 aliphatic rings. The highest BCUT2D eigenvalue weighted by atomic mass is 16.6. The van der Waals surface area contributed by atoms with Crippen molar-refractivity contribution in [1.29, 1.82) is 0 Å². The Morgan fingerprint density at radius 3 is 2.73 bits per heavy atom. The molecule has 3 heterocycles. The van der Waals surface area contributed by atoms with Gasteiger partial charge in [0, 0.05) is 29.0 Å². The lowest BCUT2D eigenvalue weighted by Crippen LogP contribution is -2.39. The third kappa shape index (κ3) is 5.02. The predicted molar refractivity (Wildman–Crippen MR) is 121 cm³/mol. The van der Waals surface area contributed by atoms with Gasteiger partial charge in [0.25, 0.3) is 0 Å². The first-order chi connectivity index (χ1) is 15.6. The number of carbonyl (C=O) groups is 3. The molecule has 3 amide bonds. The van der Waals surface area contributed by atoms with E-state index in [1.807, 2.05) is 52.0 Å². The van der Waals surface area contributed by atoms with Crippen molar-refractivity contribution in [3.8, 4) is 0 Å². The van der Waals surface area contributed by atoms with Gasteiger partial charge in [-0.1, -0.05) is 38.1 Å². The van der Waals surface area contributed by atoms with Crippen molar-refractivity contribution >= 4 is 34.7 Å². The topological polar surface area (TPSA) is 123 Å². The van der Waals surface area contributed by atoms with Crippen LogP contribution in [-0.4, -0.2) is 28.0 Å². The lowest BCUT2D eigenvalue weighted by molar-refractivity contribution is -0.134. The Kier molecular flexibility index (Phi) is 5.88. The maximum atomic E-state index is 12.3. The molecule has 0 bridgehead atoms. The number of imide groups is 1. The molecule has 1 fully saturated rings. The summed E-state index contributed by atoms with van der Waals surface area (Å²) >= 11 is 0. The van der Waals surface area contributed by atoms with E-state index in [2.05, 4.69) is 20.8 Å². The quantitative estimate of drug-likeness (QED) is 0.574. The molecule has 9 heteroatoms. The molecule has 1 aliphatic heterocycles. The fourth-order valence-corrected chi connectivity index (χ4v) is 3.73. The molecule has 172 valence electrons. The van der Waals surface area contributed by atoms with E-state index in [4.69, 9.17) is 9.26 Å². The van der Waals surface area contributed by atoms with Gasteiger partial charge in [0.15, 0.2) is 0 Å². The van der Waals surface area contributed by atoms with E-state index in [-0.39, 0.29) is 35.6 Å². The number of aryl methyl sites for hydroxylation is 1. The lowest BCUT2D eigenvalue weighted by Gasteiger charge is -2.22. The first-order valence-electron chi connectivity index (χ1n) is 10.7. The molecular weight excluding hydrogens is 424 g/mol. The van der Waals surface area contributed by atoms with Crippen molar-refractivity contribution in [2.45, 2.75) is 58.5 Å². The van der Waals surface area contributed by atoms with Gasteiger partial charge in [0.05, 0.1) is 17.1 Å². The number of amides is 3. The molecule has 9 nitrogen and oxygen atoms in total. The zero-order chi connectivity index (χ0) is 23.8. The van der Waals surface area contributed by atoms with Crippen molar-refractivity contribution in [2.24, 2.45) is 0 Å². The van der Waals surface area contributed by atoms with Crippen LogP contribution < -0.4 is 10.6 Å². The van der Waals surface area contributed by atoms with Crippen molar-refractivity contribution in [3.63, 3.8) is 0 Å². The molecule has 0 aliphatic carbocycles. The van der Waals surface area contributed by atoms with E-state index in [0.29, 0.717) is 12.8 Å². The van der Waals surface area contributed by atoms with Gasteiger partial charge in [-0.2, -0.15) is 0 Å². The summed E-state index contributed by atoms with van der Waals surface area (Å²) in [5, 5.41) is 9.75. The summed E-state index contributed by atoms with van der Waals surface area (Å²) < 4.78 is 10.4. The normalized spacial score (nSPS) is 16.5. The van der Waals surface area contributed by atoms with Crippen LogP contribution in [0.15, 0.2) is 34.9 Å². The number of nitrogens with zero attached hydrogens (tertiary/aromatic N) is 2. The van der Waals surface area contributed by atoms with E-state index in [9.17, 15) is 14.4 Å². The molecule has 2 aromatic heterocycles. The van der Waals surface area contributed by atoms with Crippen LogP contribution in [0.2, 0.25) is 0 Å². The van der Waals surface area contributed by atoms with Gasteiger partial charge < -0.3 is 9.26 Å². The van der Waals surface area contributed by atoms with Crippen LogP contribution in [0.3, 0.4) is 0 Å². The van der Waals surface area contributed by atoms with Gasteiger partial charge in [-0.15, -0.1) is 0 Å². The first-order valence-corrected chi connectivity index (χ1v) is 10.7. The summed E-state index contributed by atoms with van der Waals surface area (Å²) in [5.41, 5.74) is 3.58. The average Bonchev–Trinajstić information content (AvgIpc) is 3.21. The minimum absolute atomic E-state index is 0.0532. The van der Waals surface area contributed by atoms with Crippen molar-refractivity contribution in [1.82, 2.24) is 15.5 Å². The molecule has 1 atom stereocenters. The summed E-state index contributed by atoms with van der Waals surface area (Å²) in [7, 11) is 0. The SMILES string of the molecule is Cc1nc2cc(COC(=O)Nc3cc(C(C)(C)C)no3)ccc2cc1C1CCC(=O)NC1=O. The monoisotopic (exact) mass is 450 g/mol. The second-order valence-electron chi connectivity index (χ2n) is 9.22. The number of piperidine rings is 1. The summed E-state index contributed by atoms with van der Waals surface area (Å²) in [6.07, 6.45) is 0.143. The first kappa shape index (κ1) is 22.4. The van der Waals surface area contributed by atoms with Crippen molar-refractivity contribution in [2.75, 3.05) is 5.32 Å². The van der Waals surface area contributed by atoms with E-state index in [1.54, 1.807) is 6.07 Å². The summed E-state index contributed by atoms with van der Waals surface area (Å²) in [6.45, 7) is 7.89. The van der Waals surface area contributed by atoms with Crippen LogP contribution in [0.4, 0.5) is 10.7 Å². The predicted octanol–water partition coefficient (Wildman–Crippen LogP) is 4.10. The van der Waals surface area contributed by atoms with Crippen LogP contribution in [-0.2, 0) is 26.3 Å². The number of nitrogens with one attached hydrogen (secondary N) is 2. The number of pyridine rings is 1. The molecule has 33 heavy (non-hydrogen) atoms. The Labute approximate surface area is 190 Å². The van der Waals surface area contributed by atoms with Gasteiger partial charge in [0.1, 0.15) is 6.61 Å². The average molecular weight is 450 g/mol. The van der Waals surface area contributed by atoms with Crippen LogP contribution in [0.25, 0.3) is 10.9 Å². The van der Waals surface area contributed by atoms with Gasteiger partial charge in [0.2, 0.25) is 17.7 Å². The number of hydrogen-bond donors (Lipinski definition) is 2. The largest absolute Gasteiger partial charge is 0.444 e. The molecule has 1 unspecified atom stereocenters. The summed E-state index contributed by atoms with van der Waals surface area (Å²) in [4.78, 5) is 40.5. The molecule has 0 saturated carbocycles. The van der Waals surface area contributed by atoms with Gasteiger partial charge >= 0.3 is 6.09 Å². The Morgan fingerprint density at radius 2 is 2.03 bits per heavy atom. The Bertz CT molecular complexity index is 1240. The minimum atomic E-state index is -0.649. The number of aromatic nitrogens is 2. The summed E-state index contributed by atoms with van der Waals surface area (Å²) in [5.74, 6) is -0.690. The van der Waals surface area contributed by atoms with E-state index < -0.39 is 6.09 Å². The maximum absolute atomic E-state index is 12.3. The second-order valence-corrected chi connectivity index (χ2v) is 9.22. The minimum Gasteiger partial charge on any atom is -0.444 e. The standard InChI is InChI=1S/C24H26N4O5/c1-13-17(16-7-8-20(29)26-22(16)30)10-15-6-5-14(9-18(15)25-13)12-32-23(31)27-21-11-19(28-33-21)24(2,3)4/h5-6,9-11,16H,7-8,12H2,1-4H3,(H,27,31)(H,26,29,30).